The first-order valence-electron chi connectivity index (χ1n) is 4.07. The fraction of sp³-hybridized carbons (Fsp3) is 0.875. The number of carbonyl (C=O) groups is 1. The average Bonchev–Trinajstić information content (AvgIpc) is 1.96. The minimum absolute atomic E-state index is 0.0740. The van der Waals surface area contributed by atoms with E-state index in [-0.39, 0.29) is 11.3 Å². The number of carbonyl (C=O) groups excluding carboxylic acids is 1. The molecule has 4 heteroatoms. The molecule has 1 saturated heterocycles. The van der Waals surface area contributed by atoms with E-state index in [2.05, 4.69) is 5.32 Å². The Bertz CT molecular complexity index is 175. The zero-order chi connectivity index (χ0) is 9.19. The molecule has 4 nitrogen and oxygen atoms in total. The second kappa shape index (κ2) is 3.41. The van der Waals surface area contributed by atoms with E-state index in [1.807, 2.05) is 6.92 Å². The van der Waals surface area contributed by atoms with Gasteiger partial charge in [-0.3, -0.25) is 4.79 Å². The molecule has 0 aromatic heterocycles. The number of aliphatic hydroxyl groups is 1. The molecule has 1 aliphatic heterocycles. The SMILES string of the molecule is C[C@@H](O)C(=O)NCC1(C)COC1. The van der Waals surface area contributed by atoms with Crippen LogP contribution >= 0.6 is 0 Å². The fourth-order valence-electron chi connectivity index (χ4n) is 1.00. The zero-order valence-corrected chi connectivity index (χ0v) is 7.46. The maximum absolute atomic E-state index is 10.9. The van der Waals surface area contributed by atoms with Crippen LogP contribution in [0.15, 0.2) is 0 Å². The van der Waals surface area contributed by atoms with Gasteiger partial charge in [0.1, 0.15) is 6.10 Å². The lowest BCUT2D eigenvalue weighted by Crippen LogP contribution is -2.50. The summed E-state index contributed by atoms with van der Waals surface area (Å²) < 4.78 is 5.02. The summed E-state index contributed by atoms with van der Waals surface area (Å²) in [6.45, 7) is 5.45. The Kier molecular flexibility index (Phi) is 2.69. The van der Waals surface area contributed by atoms with Gasteiger partial charge < -0.3 is 15.2 Å². The summed E-state index contributed by atoms with van der Waals surface area (Å²) in [6, 6.07) is 0. The average molecular weight is 173 g/mol. The minimum atomic E-state index is -0.922. The van der Waals surface area contributed by atoms with Gasteiger partial charge in [0.15, 0.2) is 0 Å². The van der Waals surface area contributed by atoms with E-state index in [9.17, 15) is 4.79 Å². The lowest BCUT2D eigenvalue weighted by atomic mass is 9.89. The van der Waals surface area contributed by atoms with Crippen LogP contribution in [-0.4, -0.2) is 36.9 Å². The molecule has 70 valence electrons. The van der Waals surface area contributed by atoms with Gasteiger partial charge in [0, 0.05) is 12.0 Å². The van der Waals surface area contributed by atoms with Gasteiger partial charge in [0.25, 0.3) is 0 Å². The lowest BCUT2D eigenvalue weighted by Gasteiger charge is -2.38. The number of hydrogen-bond donors (Lipinski definition) is 2. The van der Waals surface area contributed by atoms with Crippen LogP contribution in [0.2, 0.25) is 0 Å². The first kappa shape index (κ1) is 9.48. The number of ether oxygens (including phenoxy) is 1. The van der Waals surface area contributed by atoms with Crippen molar-refractivity contribution in [2.45, 2.75) is 20.0 Å². The summed E-state index contributed by atoms with van der Waals surface area (Å²) in [5.74, 6) is -0.317. The molecule has 0 radical (unpaired) electrons. The van der Waals surface area contributed by atoms with E-state index in [0.29, 0.717) is 19.8 Å². The summed E-state index contributed by atoms with van der Waals surface area (Å²) in [5.41, 5.74) is 0.0740. The van der Waals surface area contributed by atoms with Gasteiger partial charge >= 0.3 is 0 Å². The summed E-state index contributed by atoms with van der Waals surface area (Å²) in [7, 11) is 0. The Balaban J connectivity index is 2.21. The van der Waals surface area contributed by atoms with Gasteiger partial charge in [-0.15, -0.1) is 0 Å². The Morgan fingerprint density at radius 2 is 2.33 bits per heavy atom. The molecule has 1 amide bonds. The minimum Gasteiger partial charge on any atom is -0.384 e. The first-order chi connectivity index (χ1) is 5.53. The van der Waals surface area contributed by atoms with Crippen LogP contribution in [-0.2, 0) is 9.53 Å². The predicted octanol–water partition coefficient (Wildman–Crippen LogP) is -0.480. The van der Waals surface area contributed by atoms with Crippen molar-refractivity contribution in [3.63, 3.8) is 0 Å². The van der Waals surface area contributed by atoms with Gasteiger partial charge in [-0.05, 0) is 6.92 Å². The third kappa shape index (κ3) is 2.19. The van der Waals surface area contributed by atoms with Crippen LogP contribution in [0.5, 0.6) is 0 Å². The van der Waals surface area contributed by atoms with Crippen LogP contribution in [0.1, 0.15) is 13.8 Å². The van der Waals surface area contributed by atoms with Crippen molar-refractivity contribution in [2.24, 2.45) is 5.41 Å². The highest BCUT2D eigenvalue weighted by Crippen LogP contribution is 2.24. The Morgan fingerprint density at radius 1 is 1.75 bits per heavy atom. The molecule has 0 aromatic carbocycles. The van der Waals surface area contributed by atoms with Gasteiger partial charge in [-0.25, -0.2) is 0 Å². The Morgan fingerprint density at radius 3 is 2.67 bits per heavy atom. The summed E-state index contributed by atoms with van der Waals surface area (Å²) >= 11 is 0. The largest absolute Gasteiger partial charge is 0.384 e. The van der Waals surface area contributed by atoms with Crippen molar-refractivity contribution in [1.29, 1.82) is 0 Å². The molecule has 1 aliphatic rings. The number of nitrogens with one attached hydrogen (secondary N) is 1. The number of amides is 1. The summed E-state index contributed by atoms with van der Waals surface area (Å²) in [4.78, 5) is 10.9. The van der Waals surface area contributed by atoms with Crippen molar-refractivity contribution in [3.8, 4) is 0 Å². The van der Waals surface area contributed by atoms with Gasteiger partial charge in [-0.1, -0.05) is 6.92 Å². The van der Waals surface area contributed by atoms with E-state index >= 15 is 0 Å². The molecule has 1 fully saturated rings. The van der Waals surface area contributed by atoms with E-state index in [0.717, 1.165) is 0 Å². The highest BCUT2D eigenvalue weighted by atomic mass is 16.5. The van der Waals surface area contributed by atoms with Crippen LogP contribution in [0.3, 0.4) is 0 Å². The monoisotopic (exact) mass is 173 g/mol. The maximum Gasteiger partial charge on any atom is 0.248 e. The molecule has 0 saturated carbocycles. The zero-order valence-electron chi connectivity index (χ0n) is 7.46. The molecule has 1 heterocycles. The molecule has 1 atom stereocenters. The summed E-state index contributed by atoms with van der Waals surface area (Å²) in [6.07, 6.45) is -0.922. The van der Waals surface area contributed by atoms with Crippen LogP contribution < -0.4 is 5.32 Å². The second-order valence-electron chi connectivity index (χ2n) is 3.70. The Labute approximate surface area is 71.9 Å². The predicted molar refractivity (Wildman–Crippen MR) is 43.6 cm³/mol. The molecular weight excluding hydrogens is 158 g/mol. The maximum atomic E-state index is 10.9. The summed E-state index contributed by atoms with van der Waals surface area (Å²) in [5, 5.41) is 11.5. The highest BCUT2D eigenvalue weighted by molar-refractivity contribution is 5.79. The molecule has 0 aliphatic carbocycles. The molecule has 0 spiro atoms. The molecule has 2 N–H and O–H groups in total. The lowest BCUT2D eigenvalue weighted by molar-refractivity contribution is -0.133. The van der Waals surface area contributed by atoms with E-state index in [1.165, 1.54) is 6.92 Å². The van der Waals surface area contributed by atoms with Crippen molar-refractivity contribution < 1.29 is 14.6 Å². The molecule has 12 heavy (non-hydrogen) atoms. The van der Waals surface area contributed by atoms with Gasteiger partial charge in [-0.2, -0.15) is 0 Å². The molecular formula is C8H15NO3. The fourth-order valence-corrected chi connectivity index (χ4v) is 1.00. The van der Waals surface area contributed by atoms with Crippen molar-refractivity contribution >= 4 is 5.91 Å². The Hall–Kier alpha value is -0.610. The number of aliphatic hydroxyl groups excluding tert-OH is 1. The quantitative estimate of drug-likeness (QED) is 0.606. The van der Waals surface area contributed by atoms with Crippen LogP contribution in [0.4, 0.5) is 0 Å². The first-order valence-corrected chi connectivity index (χ1v) is 4.07. The van der Waals surface area contributed by atoms with E-state index in [1.54, 1.807) is 0 Å². The van der Waals surface area contributed by atoms with Gasteiger partial charge in [0.05, 0.1) is 13.2 Å². The molecule has 0 bridgehead atoms. The van der Waals surface area contributed by atoms with Crippen molar-refractivity contribution in [2.75, 3.05) is 19.8 Å². The standard InChI is InChI=1S/C8H15NO3/c1-6(10)7(11)9-3-8(2)4-12-5-8/h6,10H,3-5H2,1-2H3,(H,9,11)/t6-/m1/s1. The molecule has 0 aromatic rings. The second-order valence-corrected chi connectivity index (χ2v) is 3.70. The number of hydrogen-bond acceptors (Lipinski definition) is 3. The smallest absolute Gasteiger partial charge is 0.248 e. The topological polar surface area (TPSA) is 58.6 Å². The van der Waals surface area contributed by atoms with Crippen LogP contribution in [0, 0.1) is 5.41 Å². The molecule has 1 rings (SSSR count). The van der Waals surface area contributed by atoms with Crippen molar-refractivity contribution in [3.05, 3.63) is 0 Å². The van der Waals surface area contributed by atoms with Crippen molar-refractivity contribution in [1.82, 2.24) is 5.32 Å². The van der Waals surface area contributed by atoms with Gasteiger partial charge in [0.2, 0.25) is 5.91 Å². The molecule has 0 unspecified atom stereocenters. The van der Waals surface area contributed by atoms with Crippen LogP contribution in [0.25, 0.3) is 0 Å². The van der Waals surface area contributed by atoms with E-state index in [4.69, 9.17) is 9.84 Å². The highest BCUT2D eigenvalue weighted by Gasteiger charge is 2.33. The third-order valence-corrected chi connectivity index (χ3v) is 1.97. The number of rotatable bonds is 3. The normalized spacial score (nSPS) is 22.6. The van der Waals surface area contributed by atoms with E-state index < -0.39 is 6.10 Å². The third-order valence-electron chi connectivity index (χ3n) is 1.97.